The quantitative estimate of drug-likeness (QED) is 0.361. The Kier molecular flexibility index (Phi) is 5.74. The third-order valence-electron chi connectivity index (χ3n) is 2.77. The Morgan fingerprint density at radius 2 is 1.83 bits per heavy atom. The van der Waals surface area contributed by atoms with Crippen LogP contribution >= 0.6 is 15.9 Å². The van der Waals surface area contributed by atoms with Gasteiger partial charge in [-0.15, -0.1) is 0 Å². The number of anilines is 1. The van der Waals surface area contributed by atoms with Crippen LogP contribution in [0.1, 0.15) is 5.56 Å². The van der Waals surface area contributed by atoms with Crippen LogP contribution < -0.4 is 10.7 Å². The van der Waals surface area contributed by atoms with Crippen LogP contribution in [-0.2, 0) is 9.59 Å². The lowest BCUT2D eigenvalue weighted by atomic mass is 10.2. The first-order chi connectivity index (χ1) is 11.5. The van der Waals surface area contributed by atoms with Gasteiger partial charge in [0, 0.05) is 22.3 Å². The molecular weight excluding hydrogens is 380 g/mol. The summed E-state index contributed by atoms with van der Waals surface area (Å²) in [5.74, 6) is -1.80. The average molecular weight is 391 g/mol. The summed E-state index contributed by atoms with van der Waals surface area (Å²) < 4.78 is 0.761. The van der Waals surface area contributed by atoms with E-state index in [0.717, 1.165) is 4.47 Å². The molecule has 0 unspecified atom stereocenters. The number of halogens is 1. The number of rotatable bonds is 4. The number of amides is 2. The predicted octanol–water partition coefficient (Wildman–Crippen LogP) is 2.45. The zero-order chi connectivity index (χ0) is 17.5. The first kappa shape index (κ1) is 17.3. The topological polar surface area (TPSA) is 114 Å². The van der Waals surface area contributed by atoms with Gasteiger partial charge in [-0.3, -0.25) is 19.7 Å². The Labute approximate surface area is 144 Å². The van der Waals surface area contributed by atoms with Crippen LogP contribution in [0.4, 0.5) is 11.4 Å². The molecule has 24 heavy (non-hydrogen) atoms. The van der Waals surface area contributed by atoms with Crippen LogP contribution in [0.5, 0.6) is 0 Å². The molecule has 0 aromatic heterocycles. The van der Waals surface area contributed by atoms with E-state index in [1.165, 1.54) is 30.5 Å². The predicted molar refractivity (Wildman–Crippen MR) is 91.6 cm³/mol. The molecule has 0 aliphatic heterocycles. The molecule has 9 heteroatoms. The van der Waals surface area contributed by atoms with Crippen molar-refractivity contribution in [1.82, 2.24) is 5.43 Å². The van der Waals surface area contributed by atoms with Gasteiger partial charge in [-0.25, -0.2) is 5.43 Å². The Hall–Kier alpha value is -3.07. The fourth-order valence-corrected chi connectivity index (χ4v) is 2.05. The number of hydrazone groups is 1. The van der Waals surface area contributed by atoms with E-state index in [0.29, 0.717) is 11.3 Å². The molecule has 0 aliphatic carbocycles. The zero-order valence-electron chi connectivity index (χ0n) is 12.1. The number of carbonyl (C=O) groups is 2. The summed E-state index contributed by atoms with van der Waals surface area (Å²) in [6, 6.07) is 12.3. The van der Waals surface area contributed by atoms with Crippen molar-refractivity contribution in [3.63, 3.8) is 0 Å². The molecule has 0 heterocycles. The Bertz CT molecular complexity index is 805. The van der Waals surface area contributed by atoms with Crippen molar-refractivity contribution in [1.29, 1.82) is 0 Å². The van der Waals surface area contributed by atoms with E-state index in [9.17, 15) is 19.7 Å². The molecule has 122 valence electrons. The summed E-state index contributed by atoms with van der Waals surface area (Å²) in [5, 5.41) is 16.6. The van der Waals surface area contributed by atoms with E-state index in [2.05, 4.69) is 31.8 Å². The van der Waals surface area contributed by atoms with E-state index in [4.69, 9.17) is 0 Å². The van der Waals surface area contributed by atoms with E-state index in [1.807, 2.05) is 0 Å². The van der Waals surface area contributed by atoms with E-state index in [-0.39, 0.29) is 5.69 Å². The van der Waals surface area contributed by atoms with Crippen molar-refractivity contribution in [2.45, 2.75) is 0 Å². The molecule has 2 N–H and O–H groups in total. The van der Waals surface area contributed by atoms with Crippen molar-refractivity contribution in [2.24, 2.45) is 5.10 Å². The monoisotopic (exact) mass is 390 g/mol. The molecule has 2 amide bonds. The first-order valence-electron chi connectivity index (χ1n) is 6.60. The average Bonchev–Trinajstić information content (AvgIpc) is 2.55. The maximum absolute atomic E-state index is 11.7. The Morgan fingerprint density at radius 3 is 2.46 bits per heavy atom. The fraction of sp³-hybridized carbons (Fsp3) is 0. The van der Waals surface area contributed by atoms with Gasteiger partial charge >= 0.3 is 11.8 Å². The molecule has 2 aromatic rings. The summed E-state index contributed by atoms with van der Waals surface area (Å²) >= 11 is 3.25. The maximum atomic E-state index is 11.7. The van der Waals surface area contributed by atoms with Crippen molar-refractivity contribution < 1.29 is 14.5 Å². The normalized spacial score (nSPS) is 10.4. The van der Waals surface area contributed by atoms with Gasteiger partial charge in [-0.05, 0) is 35.9 Å². The van der Waals surface area contributed by atoms with Crippen LogP contribution in [0.3, 0.4) is 0 Å². The lowest BCUT2D eigenvalue weighted by Gasteiger charge is -2.04. The number of nitrogens with one attached hydrogen (secondary N) is 2. The summed E-state index contributed by atoms with van der Waals surface area (Å²) in [6.07, 6.45) is 1.27. The van der Waals surface area contributed by atoms with Crippen molar-refractivity contribution in [3.05, 3.63) is 68.7 Å². The molecule has 0 spiro atoms. The number of nitro groups is 1. The fourth-order valence-electron chi connectivity index (χ4n) is 1.65. The van der Waals surface area contributed by atoms with Crippen LogP contribution in [-0.4, -0.2) is 23.0 Å². The summed E-state index contributed by atoms with van der Waals surface area (Å²) in [4.78, 5) is 33.3. The Balaban J connectivity index is 1.89. The molecule has 0 fully saturated rings. The third kappa shape index (κ3) is 4.99. The second kappa shape index (κ2) is 7.97. The number of benzene rings is 2. The minimum atomic E-state index is -0.937. The minimum absolute atomic E-state index is 0.0513. The molecule has 8 nitrogen and oxygen atoms in total. The molecule has 0 bridgehead atoms. The largest absolute Gasteiger partial charge is 0.329 e. The van der Waals surface area contributed by atoms with Crippen LogP contribution in [0.15, 0.2) is 58.1 Å². The van der Waals surface area contributed by atoms with Crippen molar-refractivity contribution >= 4 is 45.3 Å². The number of nitro benzene ring substituents is 1. The van der Waals surface area contributed by atoms with Gasteiger partial charge in [0.05, 0.1) is 11.1 Å². The number of hydrogen-bond acceptors (Lipinski definition) is 5. The second-order valence-electron chi connectivity index (χ2n) is 4.51. The molecule has 0 aliphatic rings. The molecule has 0 saturated heterocycles. The molecule has 0 saturated carbocycles. The van der Waals surface area contributed by atoms with Gasteiger partial charge in [0.1, 0.15) is 0 Å². The standard InChI is InChI=1S/C15H11BrN4O4/c16-11-2-1-3-12(8-11)18-14(21)15(22)19-17-9-10-4-6-13(7-5-10)20(23)24/h1-9H,(H,18,21)(H,19,22)/b17-9+. The molecule has 2 rings (SSSR count). The first-order valence-corrected chi connectivity index (χ1v) is 7.39. The van der Waals surface area contributed by atoms with E-state index in [1.54, 1.807) is 24.3 Å². The summed E-state index contributed by atoms with van der Waals surface area (Å²) in [5.41, 5.74) is 3.02. The highest BCUT2D eigenvalue weighted by atomic mass is 79.9. The SMILES string of the molecule is O=C(N/N=C/c1ccc([N+](=O)[O-])cc1)C(=O)Nc1cccc(Br)c1. The smallest absolute Gasteiger partial charge is 0.318 e. The molecule has 0 radical (unpaired) electrons. The van der Waals surface area contributed by atoms with Crippen LogP contribution in [0, 0.1) is 10.1 Å². The number of nitrogens with zero attached hydrogens (tertiary/aromatic N) is 2. The van der Waals surface area contributed by atoms with Gasteiger partial charge < -0.3 is 5.32 Å². The molecule has 2 aromatic carbocycles. The zero-order valence-corrected chi connectivity index (χ0v) is 13.7. The minimum Gasteiger partial charge on any atom is -0.318 e. The highest BCUT2D eigenvalue weighted by molar-refractivity contribution is 9.10. The van der Waals surface area contributed by atoms with Gasteiger partial charge in [-0.1, -0.05) is 22.0 Å². The lowest BCUT2D eigenvalue weighted by Crippen LogP contribution is -2.32. The lowest BCUT2D eigenvalue weighted by molar-refractivity contribution is -0.384. The van der Waals surface area contributed by atoms with E-state index >= 15 is 0 Å². The number of non-ortho nitro benzene ring substituents is 1. The number of hydrogen-bond donors (Lipinski definition) is 2. The van der Waals surface area contributed by atoms with Gasteiger partial charge in [-0.2, -0.15) is 5.10 Å². The highest BCUT2D eigenvalue weighted by Crippen LogP contribution is 2.15. The van der Waals surface area contributed by atoms with Crippen LogP contribution in [0.2, 0.25) is 0 Å². The van der Waals surface area contributed by atoms with Crippen LogP contribution in [0.25, 0.3) is 0 Å². The highest BCUT2D eigenvalue weighted by Gasteiger charge is 2.12. The number of carbonyl (C=O) groups excluding carboxylic acids is 2. The summed E-state index contributed by atoms with van der Waals surface area (Å²) in [7, 11) is 0. The van der Waals surface area contributed by atoms with E-state index < -0.39 is 16.7 Å². The van der Waals surface area contributed by atoms with Gasteiger partial charge in [0.15, 0.2) is 0 Å². The van der Waals surface area contributed by atoms with Crippen molar-refractivity contribution in [3.8, 4) is 0 Å². The third-order valence-corrected chi connectivity index (χ3v) is 3.27. The van der Waals surface area contributed by atoms with Crippen molar-refractivity contribution in [2.75, 3.05) is 5.32 Å². The van der Waals surface area contributed by atoms with Gasteiger partial charge in [0.2, 0.25) is 0 Å². The second-order valence-corrected chi connectivity index (χ2v) is 5.43. The molecular formula is C15H11BrN4O4. The maximum Gasteiger partial charge on any atom is 0.329 e. The summed E-state index contributed by atoms with van der Waals surface area (Å²) in [6.45, 7) is 0. The molecule has 0 atom stereocenters. The van der Waals surface area contributed by atoms with Gasteiger partial charge in [0.25, 0.3) is 5.69 Å². The Morgan fingerprint density at radius 1 is 1.12 bits per heavy atom.